The van der Waals surface area contributed by atoms with Crippen LogP contribution in [0.4, 0.5) is 0 Å². The zero-order valence-electron chi connectivity index (χ0n) is 10.9. The molecule has 0 heterocycles. The fraction of sp³-hybridized carbons (Fsp3) is 0.571. The first-order valence-electron chi connectivity index (χ1n) is 5.97. The molecule has 1 N–H and O–H groups in total. The predicted molar refractivity (Wildman–Crippen MR) is 74.9 cm³/mol. The molecule has 0 radical (unpaired) electrons. The molecular weight excluding hydrogens is 262 g/mol. The Kier molecular flexibility index (Phi) is 5.00. The summed E-state index contributed by atoms with van der Waals surface area (Å²) in [7, 11) is 0. The topological polar surface area (TPSA) is 12.0 Å². The lowest BCUT2D eigenvalue weighted by Gasteiger charge is -2.23. The lowest BCUT2D eigenvalue weighted by atomic mass is 9.93. The third-order valence-corrected chi connectivity index (χ3v) is 4.16. The van der Waals surface area contributed by atoms with E-state index < -0.39 is 0 Å². The lowest BCUT2D eigenvalue weighted by molar-refractivity contribution is 0.421. The van der Waals surface area contributed by atoms with Gasteiger partial charge < -0.3 is 5.32 Å². The number of rotatable bonds is 4. The van der Waals surface area contributed by atoms with Gasteiger partial charge in [0.2, 0.25) is 0 Å². The van der Waals surface area contributed by atoms with E-state index >= 15 is 0 Å². The van der Waals surface area contributed by atoms with E-state index in [1.165, 1.54) is 21.2 Å². The van der Waals surface area contributed by atoms with Gasteiger partial charge in [-0.2, -0.15) is 0 Å². The first-order valence-corrected chi connectivity index (χ1v) is 6.76. The van der Waals surface area contributed by atoms with E-state index in [4.69, 9.17) is 0 Å². The number of hydrogen-bond acceptors (Lipinski definition) is 1. The molecule has 2 heteroatoms. The van der Waals surface area contributed by atoms with Crippen molar-refractivity contribution in [1.29, 1.82) is 0 Å². The van der Waals surface area contributed by atoms with Gasteiger partial charge in [-0.1, -0.05) is 48.8 Å². The lowest BCUT2D eigenvalue weighted by Crippen LogP contribution is -2.25. The van der Waals surface area contributed by atoms with Gasteiger partial charge in [-0.25, -0.2) is 0 Å². The third-order valence-electron chi connectivity index (χ3n) is 2.91. The maximum absolute atomic E-state index is 3.62. The zero-order valence-corrected chi connectivity index (χ0v) is 12.5. The van der Waals surface area contributed by atoms with Crippen LogP contribution in [0.15, 0.2) is 16.6 Å². The van der Waals surface area contributed by atoms with Crippen molar-refractivity contribution in [1.82, 2.24) is 5.32 Å². The highest BCUT2D eigenvalue weighted by molar-refractivity contribution is 9.10. The van der Waals surface area contributed by atoms with E-state index in [0.717, 1.165) is 6.54 Å². The van der Waals surface area contributed by atoms with Crippen LogP contribution in [-0.4, -0.2) is 6.54 Å². The van der Waals surface area contributed by atoms with Crippen molar-refractivity contribution in [2.24, 2.45) is 5.92 Å². The van der Waals surface area contributed by atoms with Gasteiger partial charge in [-0.15, -0.1) is 0 Å². The van der Waals surface area contributed by atoms with Crippen molar-refractivity contribution < 1.29 is 0 Å². The van der Waals surface area contributed by atoms with Crippen LogP contribution in [0, 0.1) is 19.8 Å². The molecular formula is C14H22BrN. The van der Waals surface area contributed by atoms with Crippen molar-refractivity contribution in [3.63, 3.8) is 0 Å². The summed E-state index contributed by atoms with van der Waals surface area (Å²) in [4.78, 5) is 0. The van der Waals surface area contributed by atoms with Crippen LogP contribution < -0.4 is 5.32 Å². The summed E-state index contributed by atoms with van der Waals surface area (Å²) in [6.45, 7) is 12.0. The molecule has 0 saturated carbocycles. The summed E-state index contributed by atoms with van der Waals surface area (Å²) in [5.41, 5.74) is 4.03. The summed E-state index contributed by atoms with van der Waals surface area (Å²) in [5.74, 6) is 0.611. The molecule has 0 aliphatic rings. The Morgan fingerprint density at radius 2 is 1.69 bits per heavy atom. The molecule has 0 aliphatic carbocycles. The second kappa shape index (κ2) is 5.83. The smallest absolute Gasteiger partial charge is 0.0343 e. The van der Waals surface area contributed by atoms with E-state index in [1.54, 1.807) is 0 Å². The van der Waals surface area contributed by atoms with Crippen LogP contribution in [0.2, 0.25) is 0 Å². The number of benzene rings is 1. The standard InChI is InChI=1S/C14H22BrN/c1-6-16-14(9(2)3)12-7-10(4)13(15)11(5)8-12/h7-9,14,16H,6H2,1-5H3. The minimum Gasteiger partial charge on any atom is -0.310 e. The summed E-state index contributed by atoms with van der Waals surface area (Å²) >= 11 is 3.62. The highest BCUT2D eigenvalue weighted by atomic mass is 79.9. The molecule has 0 spiro atoms. The van der Waals surface area contributed by atoms with Crippen molar-refractivity contribution in [2.75, 3.05) is 6.54 Å². The Labute approximate surface area is 108 Å². The van der Waals surface area contributed by atoms with Crippen LogP contribution in [0.5, 0.6) is 0 Å². The maximum atomic E-state index is 3.62. The van der Waals surface area contributed by atoms with E-state index in [1.807, 2.05) is 0 Å². The number of nitrogens with one attached hydrogen (secondary N) is 1. The predicted octanol–water partition coefficient (Wildman–Crippen LogP) is 4.37. The largest absolute Gasteiger partial charge is 0.310 e. The van der Waals surface area contributed by atoms with Crippen LogP contribution in [-0.2, 0) is 0 Å². The summed E-state index contributed by atoms with van der Waals surface area (Å²) < 4.78 is 1.23. The molecule has 1 aromatic carbocycles. The molecule has 0 fully saturated rings. The SMILES string of the molecule is CCNC(c1cc(C)c(Br)c(C)c1)C(C)C. The molecule has 1 nitrogen and oxygen atoms in total. The zero-order chi connectivity index (χ0) is 12.3. The Hall–Kier alpha value is -0.340. The molecule has 90 valence electrons. The molecule has 1 unspecified atom stereocenters. The van der Waals surface area contributed by atoms with Gasteiger partial charge in [0, 0.05) is 10.5 Å². The van der Waals surface area contributed by atoms with Gasteiger partial charge in [-0.05, 0) is 43.0 Å². The molecule has 1 atom stereocenters. The van der Waals surface area contributed by atoms with Crippen LogP contribution in [0.3, 0.4) is 0 Å². The minimum atomic E-state index is 0.454. The third kappa shape index (κ3) is 3.08. The highest BCUT2D eigenvalue weighted by Gasteiger charge is 2.15. The monoisotopic (exact) mass is 283 g/mol. The molecule has 16 heavy (non-hydrogen) atoms. The van der Waals surface area contributed by atoms with Gasteiger partial charge >= 0.3 is 0 Å². The van der Waals surface area contributed by atoms with Crippen molar-refractivity contribution in [3.8, 4) is 0 Å². The second-order valence-corrected chi connectivity index (χ2v) is 5.54. The summed E-state index contributed by atoms with van der Waals surface area (Å²) in [6.07, 6.45) is 0. The number of hydrogen-bond donors (Lipinski definition) is 1. The van der Waals surface area contributed by atoms with Gasteiger partial charge in [-0.3, -0.25) is 0 Å². The van der Waals surface area contributed by atoms with E-state index in [2.05, 4.69) is 68.0 Å². The van der Waals surface area contributed by atoms with Crippen molar-refractivity contribution in [2.45, 2.75) is 40.7 Å². The quantitative estimate of drug-likeness (QED) is 0.865. The molecule has 0 saturated heterocycles. The first-order chi connectivity index (χ1) is 7.47. The Balaban J connectivity index is 3.10. The van der Waals surface area contributed by atoms with Crippen molar-refractivity contribution >= 4 is 15.9 Å². The second-order valence-electron chi connectivity index (χ2n) is 4.75. The minimum absolute atomic E-state index is 0.454. The number of halogens is 1. The average molecular weight is 284 g/mol. The fourth-order valence-electron chi connectivity index (χ4n) is 2.12. The molecule has 0 aliphatic heterocycles. The van der Waals surface area contributed by atoms with Crippen LogP contribution in [0.25, 0.3) is 0 Å². The van der Waals surface area contributed by atoms with Gasteiger partial charge in [0.05, 0.1) is 0 Å². The molecule has 1 aromatic rings. The van der Waals surface area contributed by atoms with Crippen LogP contribution >= 0.6 is 15.9 Å². The Morgan fingerprint density at radius 1 is 1.19 bits per heavy atom. The molecule has 0 aromatic heterocycles. The maximum Gasteiger partial charge on any atom is 0.0343 e. The molecule has 1 rings (SSSR count). The molecule has 0 bridgehead atoms. The average Bonchev–Trinajstić information content (AvgIpc) is 2.21. The van der Waals surface area contributed by atoms with Crippen molar-refractivity contribution in [3.05, 3.63) is 33.3 Å². The summed E-state index contributed by atoms with van der Waals surface area (Å²) in [5, 5.41) is 3.56. The highest BCUT2D eigenvalue weighted by Crippen LogP contribution is 2.28. The van der Waals surface area contributed by atoms with Gasteiger partial charge in [0.1, 0.15) is 0 Å². The van der Waals surface area contributed by atoms with E-state index in [-0.39, 0.29) is 0 Å². The molecule has 0 amide bonds. The number of aryl methyl sites for hydroxylation is 2. The van der Waals surface area contributed by atoms with Crippen LogP contribution in [0.1, 0.15) is 43.5 Å². The normalized spacial score (nSPS) is 13.2. The van der Waals surface area contributed by atoms with Gasteiger partial charge in [0.15, 0.2) is 0 Å². The first kappa shape index (κ1) is 13.7. The van der Waals surface area contributed by atoms with Gasteiger partial charge in [0.25, 0.3) is 0 Å². The Bertz CT molecular complexity index is 335. The van der Waals surface area contributed by atoms with E-state index in [9.17, 15) is 0 Å². The summed E-state index contributed by atoms with van der Waals surface area (Å²) in [6, 6.07) is 5.02. The van der Waals surface area contributed by atoms with E-state index in [0.29, 0.717) is 12.0 Å². The Morgan fingerprint density at radius 3 is 2.06 bits per heavy atom. The fourth-order valence-corrected chi connectivity index (χ4v) is 2.35.